The van der Waals surface area contributed by atoms with Gasteiger partial charge in [-0.05, 0) is 67.1 Å². The highest BCUT2D eigenvalue weighted by Gasteiger charge is 2.10. The molecule has 0 aliphatic carbocycles. The minimum absolute atomic E-state index is 0.249. The summed E-state index contributed by atoms with van der Waals surface area (Å²) in [5.41, 5.74) is 6.82. The quantitative estimate of drug-likeness (QED) is 0.512. The lowest BCUT2D eigenvalue weighted by Gasteiger charge is -2.10. The maximum Gasteiger partial charge on any atom is 0.276 e. The van der Waals surface area contributed by atoms with Crippen molar-refractivity contribution in [1.29, 1.82) is 0 Å². The van der Waals surface area contributed by atoms with Crippen molar-refractivity contribution in [1.82, 2.24) is 10.9 Å². The number of hydrogen-bond acceptors (Lipinski definition) is 4. The Kier molecular flexibility index (Phi) is 7.24. The predicted octanol–water partition coefficient (Wildman–Crippen LogP) is 3.74. The van der Waals surface area contributed by atoms with Crippen LogP contribution in [0.3, 0.4) is 0 Å². The number of hydrogen-bond donors (Lipinski definition) is 3. The van der Waals surface area contributed by atoms with Crippen molar-refractivity contribution >= 4 is 35.0 Å². The fourth-order valence-corrected chi connectivity index (χ4v) is 2.71. The van der Waals surface area contributed by atoms with Crippen LogP contribution in [0.15, 0.2) is 72.8 Å². The molecule has 0 unspecified atom stereocenters. The Balaban J connectivity index is 1.46. The van der Waals surface area contributed by atoms with Crippen LogP contribution in [0.25, 0.3) is 0 Å². The maximum atomic E-state index is 12.2. The molecule has 0 bridgehead atoms. The molecule has 3 aromatic carbocycles. The Morgan fingerprint density at radius 1 is 0.839 bits per heavy atom. The van der Waals surface area contributed by atoms with E-state index in [0.717, 1.165) is 5.56 Å². The normalized spacial score (nSPS) is 10.1. The molecule has 0 radical (unpaired) electrons. The third kappa shape index (κ3) is 6.32. The van der Waals surface area contributed by atoms with Crippen molar-refractivity contribution in [3.63, 3.8) is 0 Å². The summed E-state index contributed by atoms with van der Waals surface area (Å²) in [6, 6.07) is 20.1. The number of nitrogens with one attached hydrogen (secondary N) is 3. The summed E-state index contributed by atoms with van der Waals surface area (Å²) in [4.78, 5) is 36.2. The lowest BCUT2D eigenvalue weighted by molar-refractivity contribution is -0.123. The number of anilines is 1. The van der Waals surface area contributed by atoms with E-state index in [-0.39, 0.29) is 12.5 Å². The highest BCUT2D eigenvalue weighted by Crippen LogP contribution is 2.20. The highest BCUT2D eigenvalue weighted by molar-refractivity contribution is 6.31. The molecule has 8 heteroatoms. The number of carbonyl (C=O) groups excluding carboxylic acids is 3. The fourth-order valence-electron chi connectivity index (χ4n) is 2.59. The van der Waals surface area contributed by atoms with Gasteiger partial charge < -0.3 is 10.1 Å². The van der Waals surface area contributed by atoms with Crippen LogP contribution in [0.1, 0.15) is 26.3 Å². The molecule has 0 spiro atoms. The number of ether oxygens (including phenoxy) is 1. The van der Waals surface area contributed by atoms with Crippen LogP contribution in [-0.2, 0) is 4.79 Å². The number of hydrazine groups is 1. The third-order valence-corrected chi connectivity index (χ3v) is 4.68. The van der Waals surface area contributed by atoms with Crippen molar-refractivity contribution in [2.75, 3.05) is 11.9 Å². The summed E-state index contributed by atoms with van der Waals surface area (Å²) in [5, 5.41) is 3.36. The number of amides is 3. The van der Waals surface area contributed by atoms with E-state index in [0.29, 0.717) is 27.6 Å². The van der Waals surface area contributed by atoms with E-state index in [4.69, 9.17) is 16.3 Å². The van der Waals surface area contributed by atoms with Crippen molar-refractivity contribution in [3.05, 3.63) is 94.5 Å². The summed E-state index contributed by atoms with van der Waals surface area (Å²) in [5.74, 6) is -0.776. The van der Waals surface area contributed by atoms with Crippen LogP contribution in [0.2, 0.25) is 5.02 Å². The Hall–Kier alpha value is -3.84. The molecule has 0 atom stereocenters. The highest BCUT2D eigenvalue weighted by atomic mass is 35.5. The summed E-state index contributed by atoms with van der Waals surface area (Å²) in [6.45, 7) is 1.56. The minimum Gasteiger partial charge on any atom is -0.484 e. The second-order valence-corrected chi connectivity index (χ2v) is 7.01. The van der Waals surface area contributed by atoms with E-state index >= 15 is 0 Å². The van der Waals surface area contributed by atoms with Gasteiger partial charge in [-0.15, -0.1) is 0 Å². The molecule has 31 heavy (non-hydrogen) atoms. The molecule has 3 N–H and O–H groups in total. The summed E-state index contributed by atoms with van der Waals surface area (Å²) < 4.78 is 5.37. The van der Waals surface area contributed by atoms with Crippen LogP contribution >= 0.6 is 11.6 Å². The number of benzene rings is 3. The van der Waals surface area contributed by atoms with Gasteiger partial charge in [0.25, 0.3) is 17.7 Å². The van der Waals surface area contributed by atoms with Gasteiger partial charge in [-0.3, -0.25) is 25.2 Å². The Labute approximate surface area is 184 Å². The molecule has 0 aromatic heterocycles. The van der Waals surface area contributed by atoms with Crippen LogP contribution < -0.4 is 20.9 Å². The molecule has 3 aromatic rings. The average molecular weight is 438 g/mol. The number of rotatable bonds is 6. The van der Waals surface area contributed by atoms with Gasteiger partial charge in [-0.1, -0.05) is 29.8 Å². The fraction of sp³-hybridized carbons (Fsp3) is 0.0870. The second kappa shape index (κ2) is 10.3. The number of carbonyl (C=O) groups is 3. The smallest absolute Gasteiger partial charge is 0.276 e. The van der Waals surface area contributed by atoms with Crippen molar-refractivity contribution < 1.29 is 19.1 Å². The first kappa shape index (κ1) is 21.9. The first-order valence-corrected chi connectivity index (χ1v) is 9.75. The van der Waals surface area contributed by atoms with Gasteiger partial charge in [0.15, 0.2) is 6.61 Å². The minimum atomic E-state index is -0.521. The number of aryl methyl sites for hydroxylation is 1. The van der Waals surface area contributed by atoms with E-state index in [1.54, 1.807) is 54.6 Å². The maximum absolute atomic E-state index is 12.2. The average Bonchev–Trinajstić information content (AvgIpc) is 2.79. The van der Waals surface area contributed by atoms with Gasteiger partial charge in [0.05, 0.1) is 0 Å². The largest absolute Gasteiger partial charge is 0.484 e. The lowest BCUT2D eigenvalue weighted by atomic mass is 10.1. The van der Waals surface area contributed by atoms with E-state index in [1.807, 2.05) is 13.0 Å². The van der Waals surface area contributed by atoms with E-state index in [9.17, 15) is 14.4 Å². The molecule has 3 rings (SSSR count). The molecule has 0 saturated heterocycles. The molecule has 0 aliphatic heterocycles. The van der Waals surface area contributed by atoms with Gasteiger partial charge in [-0.25, -0.2) is 0 Å². The summed E-state index contributed by atoms with van der Waals surface area (Å²) in [7, 11) is 0. The van der Waals surface area contributed by atoms with Gasteiger partial charge in [0.1, 0.15) is 5.75 Å². The lowest BCUT2D eigenvalue weighted by Crippen LogP contribution is -2.43. The topological polar surface area (TPSA) is 96.5 Å². The number of halogens is 1. The van der Waals surface area contributed by atoms with Crippen molar-refractivity contribution in [3.8, 4) is 5.75 Å². The SMILES string of the molecule is Cc1cc(OCC(=O)NNC(=O)c2ccc(NC(=O)c3ccccc3)cc2)ccc1Cl. The summed E-state index contributed by atoms with van der Waals surface area (Å²) in [6.07, 6.45) is 0. The standard InChI is InChI=1S/C23H20ClN3O4/c1-15-13-19(11-12-20(15)24)31-14-21(28)26-27-23(30)17-7-9-18(10-8-17)25-22(29)16-5-3-2-4-6-16/h2-13H,14H2,1H3,(H,25,29)(H,26,28)(H,27,30). The van der Waals surface area contributed by atoms with Crippen LogP contribution in [0.5, 0.6) is 5.75 Å². The second-order valence-electron chi connectivity index (χ2n) is 6.60. The van der Waals surface area contributed by atoms with E-state index < -0.39 is 11.8 Å². The molecule has 0 fully saturated rings. The summed E-state index contributed by atoms with van der Waals surface area (Å²) >= 11 is 5.95. The first-order chi connectivity index (χ1) is 14.9. The Morgan fingerprint density at radius 2 is 1.52 bits per heavy atom. The van der Waals surface area contributed by atoms with Crippen molar-refractivity contribution in [2.24, 2.45) is 0 Å². The third-order valence-electron chi connectivity index (χ3n) is 4.26. The predicted molar refractivity (Wildman–Crippen MR) is 118 cm³/mol. The zero-order valence-electron chi connectivity index (χ0n) is 16.6. The molecule has 0 saturated carbocycles. The molecule has 3 amide bonds. The van der Waals surface area contributed by atoms with E-state index in [2.05, 4.69) is 16.2 Å². The molecule has 0 heterocycles. The molecular weight excluding hydrogens is 418 g/mol. The van der Waals surface area contributed by atoms with Gasteiger partial charge in [0.2, 0.25) is 0 Å². The van der Waals surface area contributed by atoms with Crippen LogP contribution in [-0.4, -0.2) is 24.3 Å². The van der Waals surface area contributed by atoms with Gasteiger partial charge in [-0.2, -0.15) is 0 Å². The first-order valence-electron chi connectivity index (χ1n) is 9.37. The van der Waals surface area contributed by atoms with Crippen LogP contribution in [0.4, 0.5) is 5.69 Å². The van der Waals surface area contributed by atoms with E-state index in [1.165, 1.54) is 12.1 Å². The van der Waals surface area contributed by atoms with Gasteiger partial charge >= 0.3 is 0 Å². The molecule has 7 nitrogen and oxygen atoms in total. The molecular formula is C23H20ClN3O4. The zero-order valence-corrected chi connectivity index (χ0v) is 17.4. The molecule has 0 aliphatic rings. The zero-order chi connectivity index (χ0) is 22.2. The van der Waals surface area contributed by atoms with Crippen LogP contribution in [0, 0.1) is 6.92 Å². The Morgan fingerprint density at radius 3 is 2.19 bits per heavy atom. The Bertz CT molecular complexity index is 1090. The van der Waals surface area contributed by atoms with Crippen molar-refractivity contribution in [2.45, 2.75) is 6.92 Å². The van der Waals surface area contributed by atoms with Gasteiger partial charge in [0, 0.05) is 21.8 Å². The molecule has 158 valence electrons. The monoisotopic (exact) mass is 437 g/mol.